The minimum Gasteiger partial charge on any atom is -0.207 e. The van der Waals surface area contributed by atoms with Crippen molar-refractivity contribution >= 4 is 31.3 Å². The highest BCUT2D eigenvalue weighted by Crippen LogP contribution is 2.39. The second kappa shape index (κ2) is 2.65. The molecule has 1 fully saturated rings. The topological polar surface area (TPSA) is 59.9 Å². The summed E-state index contributed by atoms with van der Waals surface area (Å²) >= 11 is 0.844. The zero-order chi connectivity index (χ0) is 8.77. The zero-order valence-electron chi connectivity index (χ0n) is 5.90. The monoisotopic (exact) mass is 224 g/mol. The van der Waals surface area contributed by atoms with E-state index in [1.807, 2.05) is 0 Å². The van der Waals surface area contributed by atoms with Gasteiger partial charge in [-0.15, -0.1) is 0 Å². The lowest BCUT2D eigenvalue weighted by atomic mass is 10.4. The maximum Gasteiger partial charge on any atom is 0.289 e. The minimum absolute atomic E-state index is 0.0916. The Morgan fingerprint density at radius 1 is 1.50 bits per heavy atom. The maximum absolute atomic E-state index is 10.8. The molecule has 1 heterocycles. The van der Waals surface area contributed by atoms with Crippen LogP contribution in [0.2, 0.25) is 0 Å². The fourth-order valence-electron chi connectivity index (χ4n) is 0.827. The number of hydrogen-bond acceptors (Lipinski definition) is 5. The summed E-state index contributed by atoms with van der Waals surface area (Å²) in [6.07, 6.45) is 2.11. The lowest BCUT2D eigenvalue weighted by Crippen LogP contribution is -1.89. The summed E-state index contributed by atoms with van der Waals surface area (Å²) in [5, 5.41) is 0. The molecule has 0 spiro atoms. The van der Waals surface area contributed by atoms with Gasteiger partial charge in [-0.1, -0.05) is 0 Å². The van der Waals surface area contributed by atoms with Crippen LogP contribution in [0.5, 0.6) is 0 Å². The Balaban J connectivity index is 2.35. The van der Waals surface area contributed by atoms with Crippen LogP contribution in [0.15, 0.2) is 4.34 Å². The van der Waals surface area contributed by atoms with Crippen LogP contribution >= 0.6 is 22.2 Å². The molecule has 12 heavy (non-hydrogen) atoms. The Hall–Kier alpha value is -0.200. The van der Waals surface area contributed by atoms with E-state index in [9.17, 15) is 8.42 Å². The average molecular weight is 225 g/mol. The lowest BCUT2D eigenvalue weighted by Gasteiger charge is -1.83. The molecule has 0 N–H and O–H groups in total. The van der Waals surface area contributed by atoms with E-state index in [0.29, 0.717) is 11.7 Å². The van der Waals surface area contributed by atoms with E-state index < -0.39 is 9.05 Å². The molecule has 1 aliphatic rings. The molecule has 1 saturated carbocycles. The van der Waals surface area contributed by atoms with E-state index in [2.05, 4.69) is 9.36 Å². The predicted octanol–water partition coefficient (Wildman–Crippen LogP) is 1.34. The average Bonchev–Trinajstić information content (AvgIpc) is 2.66. The molecular formula is C5H5ClN2O2S2. The van der Waals surface area contributed by atoms with Crippen molar-refractivity contribution in [1.29, 1.82) is 0 Å². The molecule has 0 aromatic carbocycles. The number of aromatic nitrogens is 2. The molecule has 2 rings (SSSR count). The normalized spacial score (nSPS) is 18.1. The fraction of sp³-hybridized carbons (Fsp3) is 0.600. The standard InChI is InChI=1S/C5H5ClN2O2S2/c6-12(9,10)5-7-4(8-11-5)3-1-2-3/h3H,1-2H2. The molecule has 1 aromatic rings. The highest BCUT2D eigenvalue weighted by atomic mass is 35.7. The van der Waals surface area contributed by atoms with Gasteiger partial charge in [-0.05, 0) is 24.4 Å². The van der Waals surface area contributed by atoms with Gasteiger partial charge in [0.2, 0.25) is 4.34 Å². The van der Waals surface area contributed by atoms with E-state index in [1.54, 1.807) is 0 Å². The summed E-state index contributed by atoms with van der Waals surface area (Å²) in [7, 11) is 1.41. The first kappa shape index (κ1) is 8.40. The van der Waals surface area contributed by atoms with Crippen molar-refractivity contribution < 1.29 is 8.42 Å². The fourth-order valence-corrected chi connectivity index (χ4v) is 2.35. The Kier molecular flexibility index (Phi) is 1.85. The molecule has 0 atom stereocenters. The molecule has 66 valence electrons. The highest BCUT2D eigenvalue weighted by molar-refractivity contribution is 8.14. The van der Waals surface area contributed by atoms with Gasteiger partial charge in [-0.2, -0.15) is 4.37 Å². The summed E-state index contributed by atoms with van der Waals surface area (Å²) in [5.74, 6) is 0.993. The van der Waals surface area contributed by atoms with Gasteiger partial charge in [0.25, 0.3) is 9.05 Å². The largest absolute Gasteiger partial charge is 0.289 e. The van der Waals surface area contributed by atoms with Crippen LogP contribution in [0.3, 0.4) is 0 Å². The summed E-state index contributed by atoms with van der Waals surface area (Å²) in [6, 6.07) is 0. The minimum atomic E-state index is -3.67. The van der Waals surface area contributed by atoms with Crippen molar-refractivity contribution in [2.45, 2.75) is 23.1 Å². The van der Waals surface area contributed by atoms with E-state index in [1.165, 1.54) is 0 Å². The lowest BCUT2D eigenvalue weighted by molar-refractivity contribution is 0.608. The molecule has 0 unspecified atom stereocenters. The number of nitrogens with zero attached hydrogens (tertiary/aromatic N) is 2. The highest BCUT2D eigenvalue weighted by Gasteiger charge is 2.29. The first-order valence-electron chi connectivity index (χ1n) is 3.35. The maximum atomic E-state index is 10.8. The van der Waals surface area contributed by atoms with Gasteiger partial charge in [0.05, 0.1) is 0 Å². The molecule has 0 radical (unpaired) electrons. The SMILES string of the molecule is O=S(=O)(Cl)c1nc(C2CC2)ns1. The number of rotatable bonds is 2. The third-order valence-electron chi connectivity index (χ3n) is 1.57. The van der Waals surface area contributed by atoms with Crippen LogP contribution in [-0.2, 0) is 9.05 Å². The van der Waals surface area contributed by atoms with Crippen LogP contribution in [0.4, 0.5) is 0 Å². The molecular weight excluding hydrogens is 220 g/mol. The third kappa shape index (κ3) is 1.60. The van der Waals surface area contributed by atoms with Crippen molar-refractivity contribution in [3.05, 3.63) is 5.82 Å². The van der Waals surface area contributed by atoms with Gasteiger partial charge in [-0.3, -0.25) is 0 Å². The van der Waals surface area contributed by atoms with Crippen LogP contribution in [0.1, 0.15) is 24.6 Å². The Morgan fingerprint density at radius 3 is 2.58 bits per heavy atom. The molecule has 4 nitrogen and oxygen atoms in total. The quantitative estimate of drug-likeness (QED) is 0.712. The summed E-state index contributed by atoms with van der Waals surface area (Å²) in [6.45, 7) is 0. The molecule has 1 aliphatic carbocycles. The Labute approximate surface area is 78.2 Å². The number of halogens is 1. The second-order valence-electron chi connectivity index (χ2n) is 2.63. The predicted molar refractivity (Wildman–Crippen MR) is 44.9 cm³/mol. The van der Waals surface area contributed by atoms with Crippen LogP contribution in [0.25, 0.3) is 0 Å². The molecule has 0 aliphatic heterocycles. The first-order chi connectivity index (χ1) is 5.57. The van der Waals surface area contributed by atoms with Gasteiger partial charge in [0, 0.05) is 16.6 Å². The van der Waals surface area contributed by atoms with Crippen molar-refractivity contribution in [3.8, 4) is 0 Å². The first-order valence-corrected chi connectivity index (χ1v) is 6.44. The molecule has 0 amide bonds. The van der Waals surface area contributed by atoms with Crippen molar-refractivity contribution in [2.24, 2.45) is 0 Å². The van der Waals surface area contributed by atoms with E-state index in [4.69, 9.17) is 10.7 Å². The Bertz CT molecular complexity index is 395. The summed E-state index contributed by atoms with van der Waals surface area (Å²) in [5.41, 5.74) is 0. The molecule has 0 bridgehead atoms. The third-order valence-corrected chi connectivity index (χ3v) is 4.20. The van der Waals surface area contributed by atoms with E-state index in [0.717, 1.165) is 24.4 Å². The van der Waals surface area contributed by atoms with Crippen molar-refractivity contribution in [2.75, 3.05) is 0 Å². The van der Waals surface area contributed by atoms with Gasteiger partial charge < -0.3 is 0 Å². The van der Waals surface area contributed by atoms with Crippen molar-refractivity contribution in [3.63, 3.8) is 0 Å². The molecule has 1 aromatic heterocycles. The smallest absolute Gasteiger partial charge is 0.207 e. The summed E-state index contributed by atoms with van der Waals surface area (Å²) in [4.78, 5) is 3.83. The second-order valence-corrected chi connectivity index (χ2v) is 6.12. The Morgan fingerprint density at radius 2 is 2.17 bits per heavy atom. The number of hydrogen-bond donors (Lipinski definition) is 0. The van der Waals surface area contributed by atoms with Gasteiger partial charge >= 0.3 is 0 Å². The van der Waals surface area contributed by atoms with Gasteiger partial charge in [0.15, 0.2) is 0 Å². The zero-order valence-corrected chi connectivity index (χ0v) is 8.29. The van der Waals surface area contributed by atoms with Crippen LogP contribution in [0, 0.1) is 0 Å². The van der Waals surface area contributed by atoms with Crippen LogP contribution in [-0.4, -0.2) is 17.8 Å². The van der Waals surface area contributed by atoms with Crippen molar-refractivity contribution in [1.82, 2.24) is 9.36 Å². The molecule has 0 saturated heterocycles. The van der Waals surface area contributed by atoms with Gasteiger partial charge in [0.1, 0.15) is 5.82 Å². The summed E-state index contributed by atoms with van der Waals surface area (Å²) < 4.78 is 25.3. The van der Waals surface area contributed by atoms with E-state index >= 15 is 0 Å². The van der Waals surface area contributed by atoms with E-state index in [-0.39, 0.29) is 4.34 Å². The molecule has 7 heteroatoms. The van der Waals surface area contributed by atoms with Gasteiger partial charge in [-0.25, -0.2) is 13.4 Å². The van der Waals surface area contributed by atoms with Crippen LogP contribution < -0.4 is 0 Å².